The Labute approximate surface area is 263 Å². The molecule has 0 radical (unpaired) electrons. The van der Waals surface area contributed by atoms with Crippen LogP contribution in [-0.4, -0.2) is 46.0 Å². The van der Waals surface area contributed by atoms with Crippen LogP contribution >= 0.6 is 0 Å². The van der Waals surface area contributed by atoms with E-state index in [0.717, 1.165) is 22.8 Å². The second kappa shape index (κ2) is 12.8. The summed E-state index contributed by atoms with van der Waals surface area (Å²) in [5, 5.41) is 3.38. The van der Waals surface area contributed by atoms with E-state index in [1.165, 1.54) is 41.0 Å². The van der Waals surface area contributed by atoms with E-state index < -0.39 is 23.1 Å². The summed E-state index contributed by atoms with van der Waals surface area (Å²) in [7, 11) is 3.86. The van der Waals surface area contributed by atoms with Crippen molar-refractivity contribution in [1.29, 1.82) is 0 Å². The molecule has 0 aliphatic heterocycles. The standard InChI is InChI=1S/C36H31F2N5O3/c1-22-24(16-18-42(2)3)21-43(27-12-9-25(37)10-13-27)36(45)32(22)35(44)41-26-11-14-30(29(38)19-26)46-31-15-17-39-34-33(31)28(20-40-34)23-7-5-4-6-8-23/h4-15,17,19-21H,16,18H2,1-3H3,(H,39,40)(H,41,44). The number of likely N-dealkylation sites (N-methyl/N-ethyl adjacent to an activating group) is 1. The Hall–Kier alpha value is -5.61. The van der Waals surface area contributed by atoms with Gasteiger partial charge in [0, 0.05) is 48.1 Å². The number of halogens is 2. The molecule has 8 nitrogen and oxygen atoms in total. The van der Waals surface area contributed by atoms with Gasteiger partial charge in [0.1, 0.15) is 22.8 Å². The van der Waals surface area contributed by atoms with Crippen molar-refractivity contribution in [2.24, 2.45) is 0 Å². The van der Waals surface area contributed by atoms with E-state index in [2.05, 4.69) is 15.3 Å². The Bertz CT molecular complexity index is 2110. The molecule has 0 spiro atoms. The Morgan fingerprint density at radius 2 is 1.76 bits per heavy atom. The summed E-state index contributed by atoms with van der Waals surface area (Å²) in [6.45, 7) is 2.39. The number of fused-ring (bicyclic) bond motifs is 1. The number of aromatic amines is 1. The number of hydrogen-bond donors (Lipinski definition) is 2. The first kappa shape index (κ1) is 30.4. The predicted molar refractivity (Wildman–Crippen MR) is 175 cm³/mol. The van der Waals surface area contributed by atoms with Crippen LogP contribution in [0.1, 0.15) is 21.5 Å². The molecule has 3 aromatic carbocycles. The summed E-state index contributed by atoms with van der Waals surface area (Å²) < 4.78 is 36.5. The van der Waals surface area contributed by atoms with E-state index in [9.17, 15) is 14.0 Å². The zero-order valence-electron chi connectivity index (χ0n) is 25.5. The molecule has 0 bridgehead atoms. The van der Waals surface area contributed by atoms with Gasteiger partial charge in [0.05, 0.1) is 5.39 Å². The van der Waals surface area contributed by atoms with Crippen molar-refractivity contribution in [2.45, 2.75) is 13.3 Å². The fourth-order valence-corrected chi connectivity index (χ4v) is 5.34. The SMILES string of the molecule is Cc1c(CCN(C)C)cn(-c2ccc(F)cc2)c(=O)c1C(=O)Nc1ccc(Oc2ccnc3[nH]cc(-c4ccccc4)c23)c(F)c1. The van der Waals surface area contributed by atoms with Gasteiger partial charge in [0.2, 0.25) is 0 Å². The third-order valence-corrected chi connectivity index (χ3v) is 7.76. The highest BCUT2D eigenvalue weighted by Crippen LogP contribution is 2.37. The van der Waals surface area contributed by atoms with E-state index in [1.54, 1.807) is 25.4 Å². The van der Waals surface area contributed by atoms with Gasteiger partial charge in [-0.1, -0.05) is 30.3 Å². The molecule has 10 heteroatoms. The van der Waals surface area contributed by atoms with Crippen LogP contribution in [0.4, 0.5) is 14.5 Å². The Kier molecular flexibility index (Phi) is 8.45. The number of nitrogens with zero attached hydrogens (tertiary/aromatic N) is 3. The van der Waals surface area contributed by atoms with Crippen molar-refractivity contribution >= 4 is 22.6 Å². The maximum atomic E-state index is 15.5. The Morgan fingerprint density at radius 1 is 1.00 bits per heavy atom. The Balaban J connectivity index is 1.30. The number of benzene rings is 3. The van der Waals surface area contributed by atoms with E-state index in [-0.39, 0.29) is 17.0 Å². The monoisotopic (exact) mass is 619 g/mol. The molecule has 0 aliphatic rings. The number of ether oxygens (including phenoxy) is 1. The highest BCUT2D eigenvalue weighted by molar-refractivity contribution is 6.05. The largest absolute Gasteiger partial charge is 0.453 e. The van der Waals surface area contributed by atoms with Crippen LogP contribution in [0.5, 0.6) is 11.5 Å². The average molecular weight is 620 g/mol. The fourth-order valence-electron chi connectivity index (χ4n) is 5.34. The molecule has 0 saturated heterocycles. The highest BCUT2D eigenvalue weighted by atomic mass is 19.1. The third-order valence-electron chi connectivity index (χ3n) is 7.76. The van der Waals surface area contributed by atoms with Crippen LogP contribution in [0.3, 0.4) is 0 Å². The van der Waals surface area contributed by atoms with Crippen molar-refractivity contribution in [3.05, 3.63) is 136 Å². The lowest BCUT2D eigenvalue weighted by atomic mass is 10.0. The van der Waals surface area contributed by atoms with Crippen LogP contribution in [0, 0.1) is 18.6 Å². The predicted octanol–water partition coefficient (Wildman–Crippen LogP) is 7.12. The van der Waals surface area contributed by atoms with E-state index in [0.29, 0.717) is 41.0 Å². The van der Waals surface area contributed by atoms with Gasteiger partial charge in [-0.15, -0.1) is 0 Å². The van der Waals surface area contributed by atoms with Gasteiger partial charge in [-0.2, -0.15) is 0 Å². The van der Waals surface area contributed by atoms with Crippen molar-refractivity contribution in [2.75, 3.05) is 26.0 Å². The number of carbonyl (C=O) groups excluding carboxylic acids is 1. The van der Waals surface area contributed by atoms with Gasteiger partial charge < -0.3 is 19.9 Å². The topological polar surface area (TPSA) is 92.2 Å². The summed E-state index contributed by atoms with van der Waals surface area (Å²) in [6.07, 6.45) is 5.65. The van der Waals surface area contributed by atoms with Crippen molar-refractivity contribution in [3.8, 4) is 28.3 Å². The molecule has 1 amide bonds. The maximum absolute atomic E-state index is 15.5. The average Bonchev–Trinajstić information content (AvgIpc) is 3.48. The summed E-state index contributed by atoms with van der Waals surface area (Å²) in [5.74, 6) is -1.48. The van der Waals surface area contributed by atoms with Gasteiger partial charge in [-0.3, -0.25) is 14.2 Å². The van der Waals surface area contributed by atoms with Crippen LogP contribution in [-0.2, 0) is 6.42 Å². The lowest BCUT2D eigenvalue weighted by Gasteiger charge is -2.17. The Morgan fingerprint density at radius 3 is 2.48 bits per heavy atom. The molecule has 3 aromatic heterocycles. The molecular weight excluding hydrogens is 588 g/mol. The highest BCUT2D eigenvalue weighted by Gasteiger charge is 2.21. The van der Waals surface area contributed by atoms with Crippen molar-refractivity contribution in [1.82, 2.24) is 19.4 Å². The molecule has 3 heterocycles. The van der Waals surface area contributed by atoms with Crippen LogP contribution in [0.2, 0.25) is 0 Å². The second-order valence-corrected chi connectivity index (χ2v) is 11.2. The van der Waals surface area contributed by atoms with E-state index >= 15 is 4.39 Å². The normalized spacial score (nSPS) is 11.3. The summed E-state index contributed by atoms with van der Waals surface area (Å²) >= 11 is 0. The van der Waals surface area contributed by atoms with Crippen LogP contribution in [0.15, 0.2) is 102 Å². The van der Waals surface area contributed by atoms with Gasteiger partial charge in [0.25, 0.3) is 11.5 Å². The molecule has 0 aliphatic carbocycles. The maximum Gasteiger partial charge on any atom is 0.268 e. The number of rotatable bonds is 9. The molecule has 0 unspecified atom stereocenters. The molecule has 0 atom stereocenters. The zero-order valence-corrected chi connectivity index (χ0v) is 25.5. The van der Waals surface area contributed by atoms with Gasteiger partial charge in [-0.05, 0) is 86.6 Å². The minimum atomic E-state index is -0.709. The molecule has 232 valence electrons. The number of aromatic nitrogens is 3. The molecule has 46 heavy (non-hydrogen) atoms. The lowest BCUT2D eigenvalue weighted by Crippen LogP contribution is -2.31. The molecule has 0 saturated carbocycles. The molecule has 6 aromatic rings. The fraction of sp³-hybridized carbons (Fsp3) is 0.139. The molecule has 2 N–H and O–H groups in total. The zero-order chi connectivity index (χ0) is 32.4. The first-order valence-electron chi connectivity index (χ1n) is 14.7. The minimum Gasteiger partial charge on any atom is -0.453 e. The van der Waals surface area contributed by atoms with Gasteiger partial charge in [-0.25, -0.2) is 13.8 Å². The number of pyridine rings is 2. The van der Waals surface area contributed by atoms with E-state index in [4.69, 9.17) is 4.74 Å². The van der Waals surface area contributed by atoms with Crippen molar-refractivity contribution in [3.63, 3.8) is 0 Å². The lowest BCUT2D eigenvalue weighted by molar-refractivity contribution is 0.102. The van der Waals surface area contributed by atoms with E-state index in [1.807, 2.05) is 55.5 Å². The van der Waals surface area contributed by atoms with Crippen LogP contribution in [0.25, 0.3) is 27.8 Å². The first-order chi connectivity index (χ1) is 22.2. The summed E-state index contributed by atoms with van der Waals surface area (Å²) in [5.41, 5.74) is 3.61. The first-order valence-corrected chi connectivity index (χ1v) is 14.7. The number of amides is 1. The minimum absolute atomic E-state index is 0.0498. The van der Waals surface area contributed by atoms with Gasteiger partial charge >= 0.3 is 0 Å². The number of anilines is 1. The van der Waals surface area contributed by atoms with Crippen molar-refractivity contribution < 1.29 is 18.3 Å². The number of hydrogen-bond acceptors (Lipinski definition) is 5. The molecular formula is C36H31F2N5O3. The summed E-state index contributed by atoms with van der Waals surface area (Å²) in [4.78, 5) is 36.7. The third kappa shape index (κ3) is 6.15. The molecule has 6 rings (SSSR count). The summed E-state index contributed by atoms with van der Waals surface area (Å²) in [6, 6.07) is 20.9. The number of carbonyl (C=O) groups is 1. The second-order valence-electron chi connectivity index (χ2n) is 11.2. The number of nitrogens with one attached hydrogen (secondary N) is 2. The van der Waals surface area contributed by atoms with Gasteiger partial charge in [0.15, 0.2) is 11.6 Å². The smallest absolute Gasteiger partial charge is 0.268 e. The van der Waals surface area contributed by atoms with Crippen LogP contribution < -0.4 is 15.6 Å². The number of H-pyrrole nitrogens is 1. The quantitative estimate of drug-likeness (QED) is 0.180. The molecule has 0 fully saturated rings.